The predicted molar refractivity (Wildman–Crippen MR) is 82.4 cm³/mol. The van der Waals surface area contributed by atoms with E-state index in [0.29, 0.717) is 39.3 Å². The molecule has 1 heterocycles. The van der Waals surface area contributed by atoms with E-state index in [2.05, 4.69) is 5.32 Å². The molecule has 118 valence electrons. The lowest BCUT2D eigenvalue weighted by Crippen LogP contribution is -2.50. The quantitative estimate of drug-likeness (QED) is 0.838. The molecule has 0 unspecified atom stereocenters. The van der Waals surface area contributed by atoms with Crippen molar-refractivity contribution < 1.29 is 13.2 Å². The molecule has 1 N–H and O–H groups in total. The Bertz CT molecular complexity index is 556. The smallest absolute Gasteiger partial charge is 0.282 e. The lowest BCUT2D eigenvalue weighted by molar-refractivity contribution is 0.315. The molecule has 1 saturated heterocycles. The molecule has 0 amide bonds. The standard InChI is InChI=1S/C14H23N3O3S/c1-3-20-14-7-5-4-6-13(14)12-16(2)21(18,19)17-10-8-15-9-11-17/h4-7,15H,3,8-12H2,1-2H3. The van der Waals surface area contributed by atoms with Gasteiger partial charge < -0.3 is 10.1 Å². The summed E-state index contributed by atoms with van der Waals surface area (Å²) in [6, 6.07) is 7.54. The van der Waals surface area contributed by atoms with Crippen LogP contribution in [0.15, 0.2) is 24.3 Å². The molecular weight excluding hydrogens is 290 g/mol. The van der Waals surface area contributed by atoms with E-state index in [1.54, 1.807) is 7.05 Å². The van der Waals surface area contributed by atoms with E-state index in [1.165, 1.54) is 8.61 Å². The van der Waals surface area contributed by atoms with Crippen LogP contribution in [0.4, 0.5) is 0 Å². The van der Waals surface area contributed by atoms with Gasteiger partial charge in [0.1, 0.15) is 5.75 Å². The van der Waals surface area contributed by atoms with Gasteiger partial charge in [0, 0.05) is 45.3 Å². The van der Waals surface area contributed by atoms with Gasteiger partial charge in [0.25, 0.3) is 10.2 Å². The largest absolute Gasteiger partial charge is 0.494 e. The lowest BCUT2D eigenvalue weighted by Gasteiger charge is -2.30. The molecule has 0 spiro atoms. The molecule has 0 aliphatic carbocycles. The monoisotopic (exact) mass is 313 g/mol. The van der Waals surface area contributed by atoms with Gasteiger partial charge in [-0.15, -0.1) is 0 Å². The Kier molecular flexibility index (Phi) is 5.58. The highest BCUT2D eigenvalue weighted by atomic mass is 32.2. The van der Waals surface area contributed by atoms with Gasteiger partial charge in [0.15, 0.2) is 0 Å². The van der Waals surface area contributed by atoms with E-state index in [-0.39, 0.29) is 0 Å². The van der Waals surface area contributed by atoms with Gasteiger partial charge >= 0.3 is 0 Å². The zero-order valence-electron chi connectivity index (χ0n) is 12.6. The Morgan fingerprint density at radius 2 is 1.95 bits per heavy atom. The van der Waals surface area contributed by atoms with E-state index < -0.39 is 10.2 Å². The topological polar surface area (TPSA) is 61.9 Å². The molecule has 1 aromatic carbocycles. The van der Waals surface area contributed by atoms with Gasteiger partial charge in [0.2, 0.25) is 0 Å². The number of benzene rings is 1. The first-order chi connectivity index (χ1) is 10.1. The van der Waals surface area contributed by atoms with Crippen molar-refractivity contribution in [2.45, 2.75) is 13.5 Å². The summed E-state index contributed by atoms with van der Waals surface area (Å²) in [7, 11) is -1.81. The summed E-state index contributed by atoms with van der Waals surface area (Å²) in [5.41, 5.74) is 0.876. The zero-order chi connectivity index (χ0) is 15.3. The SMILES string of the molecule is CCOc1ccccc1CN(C)S(=O)(=O)N1CCNCC1. The summed E-state index contributed by atoms with van der Waals surface area (Å²) in [6.45, 7) is 5.20. The Labute approximate surface area is 126 Å². The molecule has 1 aliphatic rings. The molecule has 0 radical (unpaired) electrons. The van der Waals surface area contributed by atoms with Gasteiger partial charge in [-0.1, -0.05) is 18.2 Å². The Hall–Kier alpha value is -1.15. The second kappa shape index (κ2) is 7.22. The average Bonchev–Trinajstić information content (AvgIpc) is 2.50. The molecule has 2 rings (SSSR count). The third-order valence-electron chi connectivity index (χ3n) is 3.46. The van der Waals surface area contributed by atoms with Crippen molar-refractivity contribution in [3.05, 3.63) is 29.8 Å². The lowest BCUT2D eigenvalue weighted by atomic mass is 10.2. The first-order valence-corrected chi connectivity index (χ1v) is 8.58. The van der Waals surface area contributed by atoms with Crippen LogP contribution in [0, 0.1) is 0 Å². The van der Waals surface area contributed by atoms with Crippen LogP contribution in [0.2, 0.25) is 0 Å². The zero-order valence-corrected chi connectivity index (χ0v) is 13.4. The van der Waals surface area contributed by atoms with Crippen molar-refractivity contribution in [1.82, 2.24) is 13.9 Å². The Morgan fingerprint density at radius 3 is 2.62 bits per heavy atom. The summed E-state index contributed by atoms with van der Waals surface area (Å²) < 4.78 is 33.5. The van der Waals surface area contributed by atoms with Crippen LogP contribution in [0.1, 0.15) is 12.5 Å². The molecule has 1 fully saturated rings. The maximum atomic E-state index is 12.5. The van der Waals surface area contributed by atoms with Crippen LogP contribution in [-0.4, -0.2) is 56.9 Å². The fourth-order valence-electron chi connectivity index (χ4n) is 2.32. The van der Waals surface area contributed by atoms with Gasteiger partial charge in [-0.2, -0.15) is 17.0 Å². The maximum absolute atomic E-state index is 12.5. The molecule has 0 saturated carbocycles. The van der Waals surface area contributed by atoms with Crippen LogP contribution >= 0.6 is 0 Å². The number of hydrogen-bond donors (Lipinski definition) is 1. The Balaban J connectivity index is 2.11. The minimum absolute atomic E-state index is 0.308. The first kappa shape index (κ1) is 16.2. The number of nitrogens with one attached hydrogen (secondary N) is 1. The molecule has 6 nitrogen and oxygen atoms in total. The number of nitrogens with zero attached hydrogens (tertiary/aromatic N) is 2. The number of ether oxygens (including phenoxy) is 1. The number of rotatable bonds is 6. The molecule has 7 heteroatoms. The maximum Gasteiger partial charge on any atom is 0.282 e. The van der Waals surface area contributed by atoms with Crippen molar-refractivity contribution in [3.63, 3.8) is 0 Å². The van der Waals surface area contributed by atoms with Crippen molar-refractivity contribution >= 4 is 10.2 Å². The van der Waals surface area contributed by atoms with Crippen LogP contribution in [0.3, 0.4) is 0 Å². The van der Waals surface area contributed by atoms with Crippen molar-refractivity contribution in [2.24, 2.45) is 0 Å². The predicted octanol–water partition coefficient (Wildman–Crippen LogP) is 0.667. The van der Waals surface area contributed by atoms with Crippen molar-refractivity contribution in [3.8, 4) is 5.75 Å². The number of piperazine rings is 1. The molecule has 0 aromatic heterocycles. The molecular formula is C14H23N3O3S. The fraction of sp³-hybridized carbons (Fsp3) is 0.571. The summed E-state index contributed by atoms with van der Waals surface area (Å²) in [5.74, 6) is 0.738. The normalized spacial score (nSPS) is 17.1. The van der Waals surface area contributed by atoms with Crippen LogP contribution in [-0.2, 0) is 16.8 Å². The van der Waals surface area contributed by atoms with E-state index in [1.807, 2.05) is 31.2 Å². The molecule has 0 bridgehead atoms. The highest BCUT2D eigenvalue weighted by Gasteiger charge is 2.28. The average molecular weight is 313 g/mol. The second-order valence-corrected chi connectivity index (χ2v) is 6.99. The highest BCUT2D eigenvalue weighted by molar-refractivity contribution is 7.86. The van der Waals surface area contributed by atoms with E-state index in [9.17, 15) is 8.42 Å². The van der Waals surface area contributed by atoms with Gasteiger partial charge in [-0.05, 0) is 13.0 Å². The fourth-order valence-corrected chi connectivity index (χ4v) is 3.66. The minimum atomic E-state index is -3.42. The van der Waals surface area contributed by atoms with Crippen molar-refractivity contribution in [2.75, 3.05) is 39.8 Å². The highest BCUT2D eigenvalue weighted by Crippen LogP contribution is 2.21. The van der Waals surface area contributed by atoms with E-state index in [0.717, 1.165) is 11.3 Å². The molecule has 1 aromatic rings. The Morgan fingerprint density at radius 1 is 1.29 bits per heavy atom. The first-order valence-electron chi connectivity index (χ1n) is 7.18. The minimum Gasteiger partial charge on any atom is -0.494 e. The summed E-state index contributed by atoms with van der Waals surface area (Å²) in [5, 5.41) is 3.16. The van der Waals surface area contributed by atoms with Crippen molar-refractivity contribution in [1.29, 1.82) is 0 Å². The number of hydrogen-bond acceptors (Lipinski definition) is 4. The molecule has 21 heavy (non-hydrogen) atoms. The van der Waals surface area contributed by atoms with Crippen LogP contribution in [0.5, 0.6) is 5.75 Å². The number of para-hydroxylation sites is 1. The summed E-state index contributed by atoms with van der Waals surface area (Å²) in [6.07, 6.45) is 0. The van der Waals surface area contributed by atoms with Gasteiger partial charge in [-0.25, -0.2) is 0 Å². The third kappa shape index (κ3) is 3.94. The van der Waals surface area contributed by atoms with Gasteiger partial charge in [0.05, 0.1) is 6.61 Å². The van der Waals surface area contributed by atoms with E-state index in [4.69, 9.17) is 4.74 Å². The van der Waals surface area contributed by atoms with Crippen LogP contribution < -0.4 is 10.1 Å². The molecule has 1 aliphatic heterocycles. The summed E-state index contributed by atoms with van der Waals surface area (Å²) in [4.78, 5) is 0. The summed E-state index contributed by atoms with van der Waals surface area (Å²) >= 11 is 0. The van der Waals surface area contributed by atoms with Gasteiger partial charge in [-0.3, -0.25) is 0 Å². The molecule has 0 atom stereocenters. The second-order valence-electron chi connectivity index (χ2n) is 4.95. The van der Waals surface area contributed by atoms with E-state index >= 15 is 0 Å². The van der Waals surface area contributed by atoms with Crippen LogP contribution in [0.25, 0.3) is 0 Å². The third-order valence-corrected chi connectivity index (χ3v) is 5.40.